The summed E-state index contributed by atoms with van der Waals surface area (Å²) in [5.74, 6) is -0.652. The van der Waals surface area contributed by atoms with E-state index in [1.165, 1.54) is 23.4 Å². The van der Waals surface area contributed by atoms with Crippen LogP contribution in [-0.2, 0) is 16.1 Å². The monoisotopic (exact) mass is 425 g/mol. The second-order valence-electron chi connectivity index (χ2n) is 7.54. The number of nitrogens with one attached hydrogen (secondary N) is 1. The fraction of sp³-hybridized carbons (Fsp3) is 0.364. The van der Waals surface area contributed by atoms with Crippen molar-refractivity contribution in [2.45, 2.75) is 45.7 Å². The van der Waals surface area contributed by atoms with Crippen LogP contribution in [0.3, 0.4) is 0 Å². The van der Waals surface area contributed by atoms with Gasteiger partial charge in [0.15, 0.2) is 5.69 Å². The number of nitrogens with two attached hydrogens (primary N) is 1. The van der Waals surface area contributed by atoms with Gasteiger partial charge >= 0.3 is 5.69 Å². The van der Waals surface area contributed by atoms with Crippen LogP contribution in [0.5, 0.6) is 0 Å². The Hall–Kier alpha value is -3.62. The summed E-state index contributed by atoms with van der Waals surface area (Å²) in [6, 6.07) is 7.01. The van der Waals surface area contributed by atoms with E-state index in [9.17, 15) is 19.2 Å². The molecule has 0 saturated heterocycles. The van der Waals surface area contributed by atoms with E-state index >= 15 is 0 Å². The Morgan fingerprint density at radius 2 is 1.94 bits per heavy atom. The lowest BCUT2D eigenvalue weighted by Crippen LogP contribution is -2.41. The molecular weight excluding hydrogens is 398 g/mol. The molecule has 1 atom stereocenters. The van der Waals surface area contributed by atoms with Crippen molar-refractivity contribution in [2.75, 3.05) is 17.7 Å². The van der Waals surface area contributed by atoms with Crippen LogP contribution >= 0.6 is 0 Å². The van der Waals surface area contributed by atoms with Crippen LogP contribution in [0.1, 0.15) is 50.3 Å². The number of hydrogen-bond acceptors (Lipinski definition) is 5. The zero-order valence-corrected chi connectivity index (χ0v) is 17.9. The van der Waals surface area contributed by atoms with Crippen molar-refractivity contribution >= 4 is 29.4 Å². The average molecular weight is 425 g/mol. The summed E-state index contributed by atoms with van der Waals surface area (Å²) in [5, 5.41) is 0. The average Bonchev–Trinajstić information content (AvgIpc) is 2.73. The number of fused-ring (bicyclic) bond motifs is 1. The fourth-order valence-corrected chi connectivity index (χ4v) is 3.78. The third-order valence-corrected chi connectivity index (χ3v) is 5.50. The van der Waals surface area contributed by atoms with Crippen molar-refractivity contribution in [1.82, 2.24) is 14.5 Å². The number of rotatable bonds is 6. The summed E-state index contributed by atoms with van der Waals surface area (Å²) in [6.45, 7) is 3.75. The molecule has 0 saturated carbocycles. The molecule has 3 N–H and O–H groups in total. The molecule has 2 aromatic rings. The van der Waals surface area contributed by atoms with Gasteiger partial charge in [-0.25, -0.2) is 4.79 Å². The maximum Gasteiger partial charge on any atom is 0.330 e. The van der Waals surface area contributed by atoms with Crippen LogP contribution in [0.4, 0.5) is 11.5 Å². The van der Waals surface area contributed by atoms with Gasteiger partial charge in [-0.3, -0.25) is 23.9 Å². The molecule has 1 aromatic carbocycles. The maximum absolute atomic E-state index is 13.2. The van der Waals surface area contributed by atoms with Gasteiger partial charge in [-0.15, -0.1) is 0 Å². The Morgan fingerprint density at radius 3 is 2.61 bits per heavy atom. The summed E-state index contributed by atoms with van der Waals surface area (Å²) in [4.78, 5) is 54.9. The number of carbonyl (C=O) groups excluding carboxylic acids is 2. The van der Waals surface area contributed by atoms with Crippen LogP contribution in [0, 0.1) is 0 Å². The fourth-order valence-electron chi connectivity index (χ4n) is 3.78. The van der Waals surface area contributed by atoms with Gasteiger partial charge in [0.2, 0.25) is 11.8 Å². The molecule has 9 heteroatoms. The van der Waals surface area contributed by atoms with E-state index < -0.39 is 23.2 Å². The van der Waals surface area contributed by atoms with Crippen molar-refractivity contribution in [3.63, 3.8) is 0 Å². The van der Waals surface area contributed by atoms with E-state index in [2.05, 4.69) is 4.98 Å². The molecule has 164 valence electrons. The standard InChI is InChI=1S/C22H27N5O4/c1-4-5-11-27-20(23)19(21(30)24-22(27)31)25(3)18(29)13-17-16-9-7-6-8-15(16)10-12-26(17)14(2)28/h6-10,12,17H,4-5,11,13,23H2,1-3H3,(H,24,30,31). The number of nitrogen functional groups attached to an aromatic ring is 1. The molecule has 1 unspecified atom stereocenters. The Balaban J connectivity index is 1.95. The van der Waals surface area contributed by atoms with Crippen molar-refractivity contribution in [1.29, 1.82) is 0 Å². The predicted molar refractivity (Wildman–Crippen MR) is 119 cm³/mol. The number of unbranched alkanes of at least 4 members (excludes halogenated alkanes) is 1. The number of benzene rings is 1. The number of carbonyl (C=O) groups is 2. The number of anilines is 2. The van der Waals surface area contributed by atoms with E-state index in [0.717, 1.165) is 22.4 Å². The molecule has 1 aliphatic rings. The summed E-state index contributed by atoms with van der Waals surface area (Å²) in [5.41, 5.74) is 6.49. The molecule has 0 fully saturated rings. The lowest BCUT2D eigenvalue weighted by Gasteiger charge is -2.33. The van der Waals surface area contributed by atoms with Crippen LogP contribution < -0.4 is 21.9 Å². The largest absolute Gasteiger partial charge is 0.383 e. The number of aromatic nitrogens is 2. The molecule has 0 aliphatic carbocycles. The van der Waals surface area contributed by atoms with E-state index in [-0.39, 0.29) is 23.8 Å². The number of H-pyrrole nitrogens is 1. The van der Waals surface area contributed by atoms with Gasteiger partial charge in [0.25, 0.3) is 5.56 Å². The molecule has 0 radical (unpaired) electrons. The zero-order chi connectivity index (χ0) is 22.7. The quantitative estimate of drug-likeness (QED) is 0.731. The van der Waals surface area contributed by atoms with Crippen molar-refractivity contribution in [3.05, 3.63) is 62.4 Å². The maximum atomic E-state index is 13.2. The first-order valence-electron chi connectivity index (χ1n) is 10.2. The van der Waals surface area contributed by atoms with E-state index in [0.29, 0.717) is 13.0 Å². The number of aromatic amines is 1. The Kier molecular flexibility index (Phi) is 6.43. The summed E-state index contributed by atoms with van der Waals surface area (Å²) >= 11 is 0. The lowest BCUT2D eigenvalue weighted by molar-refractivity contribution is -0.129. The van der Waals surface area contributed by atoms with Crippen LogP contribution in [0.25, 0.3) is 6.08 Å². The van der Waals surface area contributed by atoms with Gasteiger partial charge < -0.3 is 15.5 Å². The summed E-state index contributed by atoms with van der Waals surface area (Å²) < 4.78 is 1.27. The molecule has 1 aromatic heterocycles. The van der Waals surface area contributed by atoms with Gasteiger partial charge in [0.1, 0.15) is 5.82 Å². The van der Waals surface area contributed by atoms with Gasteiger partial charge in [-0.2, -0.15) is 0 Å². The van der Waals surface area contributed by atoms with Gasteiger partial charge in [-0.1, -0.05) is 37.6 Å². The van der Waals surface area contributed by atoms with E-state index in [1.54, 1.807) is 6.20 Å². The minimum Gasteiger partial charge on any atom is -0.383 e. The van der Waals surface area contributed by atoms with Gasteiger partial charge in [-0.05, 0) is 23.6 Å². The number of amides is 2. The molecule has 1 aliphatic heterocycles. The summed E-state index contributed by atoms with van der Waals surface area (Å²) in [7, 11) is 1.45. The zero-order valence-electron chi connectivity index (χ0n) is 17.9. The highest BCUT2D eigenvalue weighted by Gasteiger charge is 2.30. The molecule has 0 bridgehead atoms. The van der Waals surface area contributed by atoms with Crippen LogP contribution in [-0.4, -0.2) is 33.3 Å². The second kappa shape index (κ2) is 9.03. The van der Waals surface area contributed by atoms with Crippen LogP contribution in [0.15, 0.2) is 40.1 Å². The van der Waals surface area contributed by atoms with E-state index in [1.807, 2.05) is 37.3 Å². The molecule has 2 heterocycles. The Morgan fingerprint density at radius 1 is 1.23 bits per heavy atom. The molecular formula is C22H27N5O4. The second-order valence-corrected chi connectivity index (χ2v) is 7.54. The highest BCUT2D eigenvalue weighted by molar-refractivity contribution is 5.96. The minimum absolute atomic E-state index is 0.0505. The van der Waals surface area contributed by atoms with Crippen molar-refractivity contribution in [2.24, 2.45) is 0 Å². The van der Waals surface area contributed by atoms with Crippen molar-refractivity contribution in [3.8, 4) is 0 Å². The first kappa shape index (κ1) is 22.1. The highest BCUT2D eigenvalue weighted by Crippen LogP contribution is 2.33. The van der Waals surface area contributed by atoms with Gasteiger partial charge in [0.05, 0.1) is 12.5 Å². The van der Waals surface area contributed by atoms with Crippen LogP contribution in [0.2, 0.25) is 0 Å². The SMILES string of the molecule is CCCCn1c(N)c(N(C)C(=O)CC2c3ccccc3C=CN2C(C)=O)c(=O)[nH]c1=O. The smallest absolute Gasteiger partial charge is 0.330 e. The highest BCUT2D eigenvalue weighted by atomic mass is 16.2. The minimum atomic E-state index is -0.724. The van der Waals surface area contributed by atoms with Gasteiger partial charge in [0, 0.05) is 26.7 Å². The predicted octanol–water partition coefficient (Wildman–Crippen LogP) is 1.85. The normalized spacial score (nSPS) is 14.9. The van der Waals surface area contributed by atoms with E-state index in [4.69, 9.17) is 5.73 Å². The first-order chi connectivity index (χ1) is 14.8. The Bertz CT molecular complexity index is 1150. The molecule has 3 rings (SSSR count). The number of nitrogens with zero attached hydrogens (tertiary/aromatic N) is 3. The van der Waals surface area contributed by atoms with Crippen molar-refractivity contribution < 1.29 is 9.59 Å². The molecule has 0 spiro atoms. The third-order valence-electron chi connectivity index (χ3n) is 5.50. The topological polar surface area (TPSA) is 121 Å². The molecule has 31 heavy (non-hydrogen) atoms. The molecule has 2 amide bonds. The Labute approximate surface area is 179 Å². The number of hydrogen-bond donors (Lipinski definition) is 2. The lowest BCUT2D eigenvalue weighted by atomic mass is 9.93. The molecule has 9 nitrogen and oxygen atoms in total. The first-order valence-corrected chi connectivity index (χ1v) is 10.2. The summed E-state index contributed by atoms with van der Waals surface area (Å²) in [6.07, 6.45) is 4.98. The third kappa shape index (κ3) is 4.30.